The van der Waals surface area contributed by atoms with Crippen LogP contribution in [0, 0.1) is 5.92 Å². The van der Waals surface area contributed by atoms with Crippen LogP contribution < -0.4 is 10.6 Å². The molecule has 2 N–H and O–H groups in total. The van der Waals surface area contributed by atoms with Crippen molar-refractivity contribution in [2.75, 3.05) is 72.5 Å². The molecule has 0 atom stereocenters. The van der Waals surface area contributed by atoms with Crippen molar-refractivity contribution in [3.63, 3.8) is 0 Å². The zero-order chi connectivity index (χ0) is 19.3. The molecule has 0 radical (unpaired) electrons. The van der Waals surface area contributed by atoms with E-state index in [0.717, 1.165) is 45.2 Å². The first kappa shape index (κ1) is 25.8. The molecule has 158 valence electrons. The molecule has 0 aromatic carbocycles. The molecule has 0 saturated heterocycles. The summed E-state index contributed by atoms with van der Waals surface area (Å²) in [5.41, 5.74) is 0. The average Bonchev–Trinajstić information content (AvgIpc) is 2.59. The standard InChI is InChI=1S/C20H44N2O4/c1-19(2)18-21-8-6-5-7-10-23-12-14-25-16-17-26-15-13-24-11-9-22-20(3)4/h19-22H,5-18H2,1-4H3. The van der Waals surface area contributed by atoms with Gasteiger partial charge in [0.05, 0.1) is 46.2 Å². The van der Waals surface area contributed by atoms with Gasteiger partial charge in [-0.15, -0.1) is 0 Å². The minimum absolute atomic E-state index is 0.507. The lowest BCUT2D eigenvalue weighted by molar-refractivity contribution is -0.00187. The van der Waals surface area contributed by atoms with Crippen molar-refractivity contribution in [3.05, 3.63) is 0 Å². The Morgan fingerprint density at radius 1 is 0.577 bits per heavy atom. The molecule has 0 amide bonds. The van der Waals surface area contributed by atoms with Crippen LogP contribution in [0.3, 0.4) is 0 Å². The van der Waals surface area contributed by atoms with Crippen molar-refractivity contribution in [2.24, 2.45) is 5.92 Å². The Morgan fingerprint density at radius 3 is 1.65 bits per heavy atom. The maximum absolute atomic E-state index is 5.57. The number of hydrogen-bond acceptors (Lipinski definition) is 6. The molecule has 0 aromatic rings. The normalized spacial score (nSPS) is 11.8. The van der Waals surface area contributed by atoms with Gasteiger partial charge in [-0.2, -0.15) is 0 Å². The summed E-state index contributed by atoms with van der Waals surface area (Å²) >= 11 is 0. The van der Waals surface area contributed by atoms with Crippen LogP contribution in [0.4, 0.5) is 0 Å². The van der Waals surface area contributed by atoms with Gasteiger partial charge in [0.2, 0.25) is 0 Å². The number of unbranched alkanes of at least 4 members (excludes halogenated alkanes) is 2. The first-order valence-corrected chi connectivity index (χ1v) is 10.4. The van der Waals surface area contributed by atoms with Gasteiger partial charge >= 0.3 is 0 Å². The topological polar surface area (TPSA) is 61.0 Å². The lowest BCUT2D eigenvalue weighted by Crippen LogP contribution is -2.27. The minimum Gasteiger partial charge on any atom is -0.379 e. The molecule has 0 spiro atoms. The van der Waals surface area contributed by atoms with Crippen molar-refractivity contribution >= 4 is 0 Å². The zero-order valence-corrected chi connectivity index (χ0v) is 17.7. The predicted octanol–water partition coefficient (Wildman–Crippen LogP) is 2.47. The summed E-state index contributed by atoms with van der Waals surface area (Å²) in [6.45, 7) is 17.2. The Morgan fingerprint density at radius 2 is 1.12 bits per heavy atom. The van der Waals surface area contributed by atoms with Gasteiger partial charge in [-0.25, -0.2) is 0 Å². The van der Waals surface area contributed by atoms with E-state index in [4.69, 9.17) is 18.9 Å². The Hall–Kier alpha value is -0.240. The van der Waals surface area contributed by atoms with Crippen LogP contribution in [0.5, 0.6) is 0 Å². The lowest BCUT2D eigenvalue weighted by Gasteiger charge is -2.09. The van der Waals surface area contributed by atoms with Gasteiger partial charge in [-0.1, -0.05) is 27.7 Å². The van der Waals surface area contributed by atoms with E-state index in [1.165, 1.54) is 12.8 Å². The minimum atomic E-state index is 0.507. The molecule has 26 heavy (non-hydrogen) atoms. The summed E-state index contributed by atoms with van der Waals surface area (Å²) in [5, 5.41) is 6.76. The highest BCUT2D eigenvalue weighted by atomic mass is 16.6. The molecule has 0 heterocycles. The van der Waals surface area contributed by atoms with E-state index in [2.05, 4.69) is 38.3 Å². The Labute approximate surface area is 161 Å². The van der Waals surface area contributed by atoms with Gasteiger partial charge in [0, 0.05) is 19.2 Å². The largest absolute Gasteiger partial charge is 0.379 e. The van der Waals surface area contributed by atoms with Crippen molar-refractivity contribution in [1.29, 1.82) is 0 Å². The zero-order valence-electron chi connectivity index (χ0n) is 17.7. The summed E-state index contributed by atoms with van der Waals surface area (Å²) in [5.74, 6) is 0.731. The molecule has 0 aliphatic rings. The molecule has 0 bridgehead atoms. The third-order valence-electron chi connectivity index (χ3n) is 3.61. The third kappa shape index (κ3) is 23.8. The Bertz CT molecular complexity index is 240. The molecule has 0 unspecified atom stereocenters. The van der Waals surface area contributed by atoms with E-state index >= 15 is 0 Å². The summed E-state index contributed by atoms with van der Waals surface area (Å²) in [6, 6.07) is 0.507. The van der Waals surface area contributed by atoms with Gasteiger partial charge in [-0.3, -0.25) is 0 Å². The molecule has 0 rings (SSSR count). The number of rotatable bonds is 21. The molecule has 0 aromatic heterocycles. The monoisotopic (exact) mass is 376 g/mol. The summed E-state index contributed by atoms with van der Waals surface area (Å²) in [4.78, 5) is 0. The third-order valence-corrected chi connectivity index (χ3v) is 3.61. The maximum atomic E-state index is 5.57. The van der Waals surface area contributed by atoms with Gasteiger partial charge < -0.3 is 29.6 Å². The van der Waals surface area contributed by atoms with Crippen LogP contribution in [-0.2, 0) is 18.9 Å². The number of ether oxygens (including phenoxy) is 4. The number of nitrogens with one attached hydrogen (secondary N) is 2. The van der Waals surface area contributed by atoms with E-state index in [9.17, 15) is 0 Å². The van der Waals surface area contributed by atoms with Crippen molar-refractivity contribution in [1.82, 2.24) is 10.6 Å². The highest BCUT2D eigenvalue weighted by molar-refractivity contribution is 4.52. The molecule has 6 nitrogen and oxygen atoms in total. The van der Waals surface area contributed by atoms with E-state index in [0.29, 0.717) is 45.7 Å². The first-order chi connectivity index (χ1) is 12.6. The summed E-state index contributed by atoms with van der Waals surface area (Å²) in [6.07, 6.45) is 3.57. The van der Waals surface area contributed by atoms with E-state index in [1.54, 1.807) is 0 Å². The molecule has 0 fully saturated rings. The second-order valence-corrected chi connectivity index (χ2v) is 7.22. The molecular weight excluding hydrogens is 332 g/mol. The first-order valence-electron chi connectivity index (χ1n) is 10.4. The highest BCUT2D eigenvalue weighted by Crippen LogP contribution is 1.96. The van der Waals surface area contributed by atoms with Crippen molar-refractivity contribution < 1.29 is 18.9 Å². The van der Waals surface area contributed by atoms with Gasteiger partial charge in [0.1, 0.15) is 0 Å². The molecule has 0 aliphatic carbocycles. The lowest BCUT2D eigenvalue weighted by atomic mass is 10.2. The smallest absolute Gasteiger partial charge is 0.0701 e. The van der Waals surface area contributed by atoms with Crippen molar-refractivity contribution in [2.45, 2.75) is 53.0 Å². The fraction of sp³-hybridized carbons (Fsp3) is 1.00. The summed E-state index contributed by atoms with van der Waals surface area (Å²) < 4.78 is 21.9. The fourth-order valence-electron chi connectivity index (χ4n) is 2.20. The van der Waals surface area contributed by atoms with Crippen LogP contribution in [0.25, 0.3) is 0 Å². The Kier molecular flexibility index (Phi) is 20.9. The van der Waals surface area contributed by atoms with Gasteiger partial charge in [0.15, 0.2) is 0 Å². The van der Waals surface area contributed by atoms with Crippen LogP contribution in [-0.4, -0.2) is 78.5 Å². The Balaban J connectivity index is 2.99. The SMILES string of the molecule is CC(C)CNCCCCCOCCOCCOCCOCCNC(C)C. The molecule has 6 heteroatoms. The molecule has 0 aliphatic heterocycles. The van der Waals surface area contributed by atoms with Crippen LogP contribution >= 0.6 is 0 Å². The fourth-order valence-corrected chi connectivity index (χ4v) is 2.20. The molecule has 0 saturated carbocycles. The number of hydrogen-bond donors (Lipinski definition) is 2. The van der Waals surface area contributed by atoms with Gasteiger partial charge in [0.25, 0.3) is 0 Å². The second kappa shape index (κ2) is 21.1. The van der Waals surface area contributed by atoms with E-state index in [-0.39, 0.29) is 0 Å². The van der Waals surface area contributed by atoms with E-state index in [1.807, 2.05) is 0 Å². The highest BCUT2D eigenvalue weighted by Gasteiger charge is 1.95. The van der Waals surface area contributed by atoms with Crippen LogP contribution in [0.15, 0.2) is 0 Å². The van der Waals surface area contributed by atoms with Crippen molar-refractivity contribution in [3.8, 4) is 0 Å². The van der Waals surface area contributed by atoms with E-state index < -0.39 is 0 Å². The average molecular weight is 377 g/mol. The summed E-state index contributed by atoms with van der Waals surface area (Å²) in [7, 11) is 0. The van der Waals surface area contributed by atoms with Crippen LogP contribution in [0.2, 0.25) is 0 Å². The second-order valence-electron chi connectivity index (χ2n) is 7.22. The van der Waals surface area contributed by atoms with Crippen LogP contribution in [0.1, 0.15) is 47.0 Å². The quantitative estimate of drug-likeness (QED) is 0.300. The molecular formula is C20H44N2O4. The predicted molar refractivity (Wildman–Crippen MR) is 108 cm³/mol. The van der Waals surface area contributed by atoms with Gasteiger partial charge in [-0.05, 0) is 38.3 Å². The maximum Gasteiger partial charge on any atom is 0.0701 e.